The first-order chi connectivity index (χ1) is 20.1. The van der Waals surface area contributed by atoms with Crippen molar-refractivity contribution in [3.05, 3.63) is 108 Å². The molecule has 1 aliphatic carbocycles. The average molecular weight is 705 g/mol. The van der Waals surface area contributed by atoms with Gasteiger partial charge in [0.1, 0.15) is 18.4 Å². The Morgan fingerprint density at radius 3 is 2.64 bits per heavy atom. The molecule has 2 heterocycles. The number of carbonyl (C=O) groups is 1. The predicted molar refractivity (Wildman–Crippen MR) is 173 cm³/mol. The van der Waals surface area contributed by atoms with E-state index in [1.165, 1.54) is 11.8 Å². The highest BCUT2D eigenvalue weighted by Gasteiger charge is 2.43. The highest BCUT2D eigenvalue weighted by Crippen LogP contribution is 2.48. The van der Waals surface area contributed by atoms with E-state index in [1.54, 1.807) is 16.8 Å². The van der Waals surface area contributed by atoms with Gasteiger partial charge >= 0.3 is 0 Å². The molecule has 0 spiro atoms. The summed E-state index contributed by atoms with van der Waals surface area (Å²) in [6.07, 6.45) is 1.15. The molecule has 6 rings (SSSR count). The molecule has 1 N–H and O–H groups in total. The lowest BCUT2D eigenvalue weighted by molar-refractivity contribution is -0.118. The SMILES string of the molecule is CC1(C)CC(=O)C2=C(C1)Nc1nc(SCc3ccccc3Cl)nn1C2c1cc(Br)ccc1OCc1ccc(Cl)cc1Cl. The maximum atomic E-state index is 13.8. The molecule has 6 nitrogen and oxygen atoms in total. The van der Waals surface area contributed by atoms with Gasteiger partial charge in [-0.05, 0) is 53.8 Å². The van der Waals surface area contributed by atoms with E-state index in [4.69, 9.17) is 49.6 Å². The Balaban J connectivity index is 1.40. The van der Waals surface area contributed by atoms with E-state index in [-0.39, 0.29) is 17.8 Å². The van der Waals surface area contributed by atoms with Crippen molar-refractivity contribution in [2.24, 2.45) is 5.41 Å². The van der Waals surface area contributed by atoms with Crippen LogP contribution in [0, 0.1) is 5.41 Å². The zero-order valence-corrected chi connectivity index (χ0v) is 27.4. The lowest BCUT2D eigenvalue weighted by atomic mass is 9.73. The largest absolute Gasteiger partial charge is 0.488 e. The van der Waals surface area contributed by atoms with Crippen molar-refractivity contribution in [1.82, 2.24) is 14.8 Å². The molecular formula is C31H26BrCl3N4O2S. The Morgan fingerprint density at radius 1 is 1.05 bits per heavy atom. The van der Waals surface area contributed by atoms with Gasteiger partial charge in [-0.25, -0.2) is 4.68 Å². The van der Waals surface area contributed by atoms with Gasteiger partial charge in [-0.3, -0.25) is 4.79 Å². The summed E-state index contributed by atoms with van der Waals surface area (Å²) in [7, 11) is 0. The maximum Gasteiger partial charge on any atom is 0.227 e. The van der Waals surface area contributed by atoms with Gasteiger partial charge in [-0.1, -0.05) is 101 Å². The number of Topliss-reactive ketones (excluding diaryl/α,β-unsaturated/α-hetero) is 1. The van der Waals surface area contributed by atoms with Crippen molar-refractivity contribution in [2.75, 3.05) is 5.32 Å². The maximum absolute atomic E-state index is 13.8. The number of ether oxygens (including phenoxy) is 1. The third kappa shape index (κ3) is 6.10. The first-order valence-electron chi connectivity index (χ1n) is 13.3. The number of fused-ring (bicyclic) bond motifs is 1. The van der Waals surface area contributed by atoms with Gasteiger partial charge in [0.2, 0.25) is 11.1 Å². The van der Waals surface area contributed by atoms with Gasteiger partial charge in [-0.2, -0.15) is 4.98 Å². The van der Waals surface area contributed by atoms with E-state index in [0.717, 1.165) is 26.9 Å². The van der Waals surface area contributed by atoms with Crippen molar-refractivity contribution in [3.8, 4) is 5.75 Å². The number of nitrogens with one attached hydrogen (secondary N) is 1. The molecule has 216 valence electrons. The molecule has 11 heteroatoms. The molecule has 2 aliphatic rings. The Hall–Kier alpha value is -2.49. The minimum atomic E-state index is -0.532. The zero-order valence-electron chi connectivity index (χ0n) is 22.8. The fourth-order valence-corrected chi connectivity index (χ4v) is 7.31. The van der Waals surface area contributed by atoms with Gasteiger partial charge < -0.3 is 10.1 Å². The average Bonchev–Trinajstić information content (AvgIpc) is 3.33. The fraction of sp³-hybridized carbons (Fsp3) is 0.258. The molecule has 0 fully saturated rings. The molecule has 1 aromatic heterocycles. The van der Waals surface area contributed by atoms with Crippen LogP contribution < -0.4 is 10.1 Å². The van der Waals surface area contributed by atoms with Gasteiger partial charge in [0.25, 0.3) is 0 Å². The van der Waals surface area contributed by atoms with Crippen LogP contribution in [0.25, 0.3) is 0 Å². The van der Waals surface area contributed by atoms with Crippen LogP contribution in [0.1, 0.15) is 49.4 Å². The Labute approximate surface area is 271 Å². The van der Waals surface area contributed by atoms with E-state index in [2.05, 4.69) is 35.1 Å². The highest BCUT2D eigenvalue weighted by molar-refractivity contribution is 9.10. The number of halogens is 4. The van der Waals surface area contributed by atoms with Crippen LogP contribution in [0.5, 0.6) is 5.75 Å². The van der Waals surface area contributed by atoms with E-state index < -0.39 is 6.04 Å². The van der Waals surface area contributed by atoms with Gasteiger partial charge in [0.15, 0.2) is 5.78 Å². The lowest BCUT2D eigenvalue weighted by Crippen LogP contribution is -2.36. The number of hydrogen-bond acceptors (Lipinski definition) is 6. The van der Waals surface area contributed by atoms with Crippen molar-refractivity contribution in [1.29, 1.82) is 0 Å². The molecule has 0 radical (unpaired) electrons. The Kier molecular flexibility index (Phi) is 8.37. The number of hydrogen-bond donors (Lipinski definition) is 1. The number of nitrogens with zero attached hydrogens (tertiary/aromatic N) is 3. The molecule has 4 aromatic rings. The van der Waals surface area contributed by atoms with Gasteiger partial charge in [0.05, 0.1) is 0 Å². The van der Waals surface area contributed by atoms with Crippen molar-refractivity contribution < 1.29 is 9.53 Å². The summed E-state index contributed by atoms with van der Waals surface area (Å²) in [5.74, 6) is 1.89. The number of anilines is 1. The van der Waals surface area contributed by atoms with Crippen LogP contribution >= 0.6 is 62.5 Å². The molecule has 3 aromatic carbocycles. The molecule has 1 aliphatic heterocycles. The third-order valence-electron chi connectivity index (χ3n) is 7.29. The summed E-state index contributed by atoms with van der Waals surface area (Å²) < 4.78 is 9.02. The summed E-state index contributed by atoms with van der Waals surface area (Å²) in [5, 5.41) is 10.7. The topological polar surface area (TPSA) is 69.0 Å². The minimum absolute atomic E-state index is 0.0804. The standard InChI is InChI=1S/C31H26BrCl3N4O2S/c1-31(2)13-24-27(25(40)14-31)28(39-29(36-24)37-30(38-39)42-16-18-5-3-4-6-22(18)34)21-11-19(32)8-10-26(21)41-15-17-7-9-20(33)12-23(17)35/h3-12,28H,13-16H2,1-2H3,(H,36,37,38). The number of allylic oxidation sites excluding steroid dienone is 2. The van der Waals surface area contributed by atoms with E-state index in [1.807, 2.05) is 48.5 Å². The zero-order chi connectivity index (χ0) is 29.6. The number of aromatic nitrogens is 3. The van der Waals surface area contributed by atoms with Gasteiger partial charge in [-0.15, -0.1) is 5.10 Å². The number of carbonyl (C=O) groups excluding carboxylic acids is 1. The molecule has 0 amide bonds. The summed E-state index contributed by atoms with van der Waals surface area (Å²) in [5.41, 5.74) is 3.97. The second-order valence-electron chi connectivity index (χ2n) is 11.1. The second kappa shape index (κ2) is 11.9. The van der Waals surface area contributed by atoms with Crippen LogP contribution in [-0.2, 0) is 17.2 Å². The van der Waals surface area contributed by atoms with Crippen LogP contribution in [0.15, 0.2) is 81.6 Å². The van der Waals surface area contributed by atoms with Gasteiger partial charge in [0, 0.05) is 54.1 Å². The Bertz CT molecular complexity index is 1740. The molecule has 0 saturated carbocycles. The molecule has 1 unspecified atom stereocenters. The second-order valence-corrected chi connectivity index (χ2v) is 14.2. The van der Waals surface area contributed by atoms with Crippen LogP contribution in [-0.4, -0.2) is 20.5 Å². The highest BCUT2D eigenvalue weighted by atomic mass is 79.9. The molecule has 0 bridgehead atoms. The summed E-state index contributed by atoms with van der Waals surface area (Å²) in [4.78, 5) is 18.6. The van der Waals surface area contributed by atoms with E-state index in [9.17, 15) is 4.79 Å². The molecule has 42 heavy (non-hydrogen) atoms. The predicted octanol–water partition coefficient (Wildman–Crippen LogP) is 9.53. The van der Waals surface area contributed by atoms with Crippen LogP contribution in [0.2, 0.25) is 15.1 Å². The van der Waals surface area contributed by atoms with Crippen molar-refractivity contribution in [3.63, 3.8) is 0 Å². The minimum Gasteiger partial charge on any atom is -0.488 e. The molecule has 1 atom stereocenters. The first-order valence-corrected chi connectivity index (χ1v) is 16.2. The van der Waals surface area contributed by atoms with Crippen LogP contribution in [0.3, 0.4) is 0 Å². The Morgan fingerprint density at radius 2 is 1.86 bits per heavy atom. The normalized spacial score (nSPS) is 17.5. The molecule has 0 saturated heterocycles. The third-order valence-corrected chi connectivity index (χ3v) is 9.63. The molecular weight excluding hydrogens is 679 g/mol. The summed E-state index contributed by atoms with van der Waals surface area (Å²) >= 11 is 24.0. The lowest BCUT2D eigenvalue weighted by Gasteiger charge is -2.38. The van der Waals surface area contributed by atoms with Crippen molar-refractivity contribution >= 4 is 74.2 Å². The van der Waals surface area contributed by atoms with E-state index >= 15 is 0 Å². The van der Waals surface area contributed by atoms with E-state index in [0.29, 0.717) is 56.1 Å². The number of rotatable bonds is 7. The fourth-order valence-electron chi connectivity index (χ4n) is 5.35. The number of benzene rings is 3. The van der Waals surface area contributed by atoms with Crippen molar-refractivity contribution in [2.45, 2.75) is 50.2 Å². The summed E-state index contributed by atoms with van der Waals surface area (Å²) in [6.45, 7) is 4.45. The first kappa shape index (κ1) is 29.6. The quantitative estimate of drug-likeness (QED) is 0.193. The number of ketones is 1. The van der Waals surface area contributed by atoms with Crippen LogP contribution in [0.4, 0.5) is 5.95 Å². The monoisotopic (exact) mass is 702 g/mol. The smallest absolute Gasteiger partial charge is 0.227 e. The summed E-state index contributed by atoms with van der Waals surface area (Å²) in [6, 6.07) is 18.3. The number of thioether (sulfide) groups is 1.